The number of benzene rings is 1. The molecule has 24 heavy (non-hydrogen) atoms. The van der Waals surface area contributed by atoms with Crippen LogP contribution in [0.5, 0.6) is 0 Å². The zero-order valence-electron chi connectivity index (χ0n) is 15.8. The van der Waals surface area contributed by atoms with Crippen molar-refractivity contribution in [2.45, 2.75) is 72.6 Å². The number of nitrogens with zero attached hydrogens (tertiary/aromatic N) is 1. The van der Waals surface area contributed by atoms with Gasteiger partial charge >= 0.3 is 5.97 Å². The molecule has 0 aromatic heterocycles. The van der Waals surface area contributed by atoms with E-state index in [1.807, 2.05) is 6.92 Å². The molecule has 0 aliphatic rings. The van der Waals surface area contributed by atoms with E-state index in [1.54, 1.807) is 0 Å². The van der Waals surface area contributed by atoms with E-state index in [1.165, 1.54) is 16.7 Å². The molecule has 136 valence electrons. The Morgan fingerprint density at radius 3 is 2.62 bits per heavy atom. The van der Waals surface area contributed by atoms with Crippen molar-refractivity contribution in [2.24, 2.45) is 0 Å². The Labute approximate surface area is 146 Å². The molecule has 0 amide bonds. The predicted octanol–water partition coefficient (Wildman–Crippen LogP) is 3.61. The van der Waals surface area contributed by atoms with Crippen LogP contribution in [0.3, 0.4) is 0 Å². The molecule has 4 nitrogen and oxygen atoms in total. The molecule has 1 aromatic rings. The Balaban J connectivity index is 2.68. The average molecular weight is 335 g/mol. The molecule has 1 rings (SSSR count). The summed E-state index contributed by atoms with van der Waals surface area (Å²) in [6.07, 6.45) is 1.52. The van der Waals surface area contributed by atoms with Crippen molar-refractivity contribution in [3.8, 4) is 0 Å². The van der Waals surface area contributed by atoms with Crippen LogP contribution in [0.2, 0.25) is 0 Å². The van der Waals surface area contributed by atoms with Gasteiger partial charge in [0.1, 0.15) is 12.7 Å². The third-order valence-electron chi connectivity index (χ3n) is 4.43. The topological polar surface area (TPSA) is 49.8 Å². The quantitative estimate of drug-likeness (QED) is 0.664. The summed E-state index contributed by atoms with van der Waals surface area (Å²) in [4.78, 5) is 13.7. The fourth-order valence-corrected chi connectivity index (χ4v) is 2.64. The third-order valence-corrected chi connectivity index (χ3v) is 4.43. The zero-order valence-corrected chi connectivity index (χ0v) is 15.8. The number of carbonyl (C=O) groups excluding carboxylic acids is 1. The van der Waals surface area contributed by atoms with Crippen LogP contribution in [-0.2, 0) is 16.1 Å². The predicted molar refractivity (Wildman–Crippen MR) is 98.0 cm³/mol. The number of aliphatic hydroxyl groups is 1. The molecule has 0 saturated carbocycles. The number of aryl methyl sites for hydroxylation is 2. The van der Waals surface area contributed by atoms with Gasteiger partial charge in [0, 0.05) is 25.6 Å². The smallest absolute Gasteiger partial charge is 0.305 e. The Bertz CT molecular complexity index is 516. The molecule has 0 heterocycles. The molecule has 1 aromatic carbocycles. The van der Waals surface area contributed by atoms with Crippen molar-refractivity contribution in [3.05, 3.63) is 34.9 Å². The van der Waals surface area contributed by atoms with Gasteiger partial charge in [-0.25, -0.2) is 0 Å². The second-order valence-corrected chi connectivity index (χ2v) is 6.70. The van der Waals surface area contributed by atoms with Crippen LogP contribution in [0.4, 0.5) is 0 Å². The van der Waals surface area contributed by atoms with Crippen LogP contribution in [0.1, 0.15) is 56.7 Å². The molecule has 0 aliphatic heterocycles. The number of aliphatic hydroxyl groups excluding tert-OH is 1. The zero-order chi connectivity index (χ0) is 18.1. The highest BCUT2D eigenvalue weighted by Gasteiger charge is 2.19. The van der Waals surface area contributed by atoms with E-state index in [2.05, 4.69) is 50.8 Å². The lowest BCUT2D eigenvalue weighted by Gasteiger charge is -2.31. The van der Waals surface area contributed by atoms with Gasteiger partial charge in [0.2, 0.25) is 0 Å². The molecule has 0 bridgehead atoms. The standard InChI is InChI=1S/C20H33NO3/c1-6-8-20(23)24-14-19(22)13-21(17(5)7-2)12-18-11-15(3)9-10-16(18)4/h9-11,17,19,22H,6-8,12-14H2,1-5H3/t17-,19-/m1/s1. The molecule has 0 spiro atoms. The SMILES string of the molecule is CCCC(=O)OC[C@H](O)CN(Cc1cc(C)ccc1C)[C@H](C)CC. The fourth-order valence-electron chi connectivity index (χ4n) is 2.64. The first-order chi connectivity index (χ1) is 11.4. The summed E-state index contributed by atoms with van der Waals surface area (Å²) in [5.41, 5.74) is 3.79. The van der Waals surface area contributed by atoms with E-state index in [0.717, 1.165) is 19.4 Å². The van der Waals surface area contributed by atoms with Gasteiger partial charge in [-0.2, -0.15) is 0 Å². The molecule has 2 atom stereocenters. The van der Waals surface area contributed by atoms with Gasteiger partial charge in [-0.15, -0.1) is 0 Å². The van der Waals surface area contributed by atoms with Gasteiger partial charge in [0.05, 0.1) is 0 Å². The van der Waals surface area contributed by atoms with E-state index in [-0.39, 0.29) is 12.6 Å². The number of hydrogen-bond donors (Lipinski definition) is 1. The van der Waals surface area contributed by atoms with Crippen molar-refractivity contribution >= 4 is 5.97 Å². The summed E-state index contributed by atoms with van der Waals surface area (Å²) in [7, 11) is 0. The first-order valence-electron chi connectivity index (χ1n) is 9.01. The van der Waals surface area contributed by atoms with Crippen molar-refractivity contribution in [2.75, 3.05) is 13.2 Å². The lowest BCUT2D eigenvalue weighted by molar-refractivity contribution is -0.147. The van der Waals surface area contributed by atoms with Gasteiger partial charge in [-0.3, -0.25) is 9.69 Å². The van der Waals surface area contributed by atoms with Crippen LogP contribution < -0.4 is 0 Å². The number of esters is 1. The molecule has 0 unspecified atom stereocenters. The Morgan fingerprint density at radius 2 is 2.00 bits per heavy atom. The summed E-state index contributed by atoms with van der Waals surface area (Å²) in [6.45, 7) is 11.8. The lowest BCUT2D eigenvalue weighted by atomic mass is 10.0. The van der Waals surface area contributed by atoms with Crippen LogP contribution in [0.25, 0.3) is 0 Å². The van der Waals surface area contributed by atoms with E-state index >= 15 is 0 Å². The highest BCUT2D eigenvalue weighted by atomic mass is 16.5. The number of carbonyl (C=O) groups is 1. The van der Waals surface area contributed by atoms with Crippen LogP contribution in [0.15, 0.2) is 18.2 Å². The average Bonchev–Trinajstić information content (AvgIpc) is 2.55. The van der Waals surface area contributed by atoms with Crippen LogP contribution in [-0.4, -0.2) is 41.3 Å². The number of hydrogen-bond acceptors (Lipinski definition) is 4. The minimum Gasteiger partial charge on any atom is -0.463 e. The van der Waals surface area contributed by atoms with Gasteiger partial charge < -0.3 is 9.84 Å². The van der Waals surface area contributed by atoms with Crippen molar-refractivity contribution in [1.82, 2.24) is 4.90 Å². The van der Waals surface area contributed by atoms with Gasteiger partial charge in [-0.05, 0) is 44.7 Å². The van der Waals surface area contributed by atoms with Gasteiger partial charge in [0.15, 0.2) is 0 Å². The fraction of sp³-hybridized carbons (Fsp3) is 0.650. The second kappa shape index (κ2) is 10.5. The summed E-state index contributed by atoms with van der Waals surface area (Å²) >= 11 is 0. The maximum atomic E-state index is 11.4. The van der Waals surface area contributed by atoms with Crippen molar-refractivity contribution in [1.29, 1.82) is 0 Å². The van der Waals surface area contributed by atoms with Crippen LogP contribution >= 0.6 is 0 Å². The second-order valence-electron chi connectivity index (χ2n) is 6.70. The molecule has 0 aliphatic carbocycles. The van der Waals surface area contributed by atoms with Crippen molar-refractivity contribution in [3.63, 3.8) is 0 Å². The lowest BCUT2D eigenvalue weighted by Crippen LogP contribution is -2.40. The highest BCUT2D eigenvalue weighted by molar-refractivity contribution is 5.69. The van der Waals surface area contributed by atoms with Crippen molar-refractivity contribution < 1.29 is 14.6 Å². The Hall–Kier alpha value is -1.39. The minimum absolute atomic E-state index is 0.0680. The molecule has 0 radical (unpaired) electrons. The first kappa shape index (κ1) is 20.7. The molecule has 4 heteroatoms. The van der Waals surface area contributed by atoms with Gasteiger partial charge in [0.25, 0.3) is 0 Å². The van der Waals surface area contributed by atoms with E-state index in [0.29, 0.717) is 19.0 Å². The monoisotopic (exact) mass is 335 g/mol. The summed E-state index contributed by atoms with van der Waals surface area (Å²) in [5.74, 6) is -0.235. The molecule has 1 N–H and O–H groups in total. The van der Waals surface area contributed by atoms with E-state index in [9.17, 15) is 9.90 Å². The summed E-state index contributed by atoms with van der Waals surface area (Å²) in [6, 6.07) is 6.82. The molecule has 0 fully saturated rings. The molecular weight excluding hydrogens is 302 g/mol. The van der Waals surface area contributed by atoms with Crippen LogP contribution in [0, 0.1) is 13.8 Å². The minimum atomic E-state index is -0.662. The summed E-state index contributed by atoms with van der Waals surface area (Å²) < 4.78 is 5.14. The third kappa shape index (κ3) is 7.02. The number of ether oxygens (including phenoxy) is 1. The van der Waals surface area contributed by atoms with Gasteiger partial charge in [-0.1, -0.05) is 37.6 Å². The Morgan fingerprint density at radius 1 is 1.29 bits per heavy atom. The Kier molecular flexibility index (Phi) is 9.01. The summed E-state index contributed by atoms with van der Waals surface area (Å²) in [5, 5.41) is 10.3. The highest BCUT2D eigenvalue weighted by Crippen LogP contribution is 2.16. The largest absolute Gasteiger partial charge is 0.463 e. The van der Waals surface area contributed by atoms with E-state index < -0.39 is 6.10 Å². The van der Waals surface area contributed by atoms with E-state index in [4.69, 9.17) is 4.74 Å². The molecule has 0 saturated heterocycles. The maximum Gasteiger partial charge on any atom is 0.305 e. The maximum absolute atomic E-state index is 11.4. The number of rotatable bonds is 10. The normalized spacial score (nSPS) is 13.8. The first-order valence-corrected chi connectivity index (χ1v) is 9.01. The molecular formula is C20H33NO3.